The smallest absolute Gasteiger partial charge is 0.112 e. The van der Waals surface area contributed by atoms with Gasteiger partial charge in [0.25, 0.3) is 0 Å². The van der Waals surface area contributed by atoms with E-state index in [0.29, 0.717) is 6.42 Å². The maximum absolute atomic E-state index is 14.4. The van der Waals surface area contributed by atoms with E-state index < -0.39 is 5.67 Å². The molecule has 1 aliphatic carbocycles. The van der Waals surface area contributed by atoms with Crippen molar-refractivity contribution in [2.75, 3.05) is 0 Å². The zero-order chi connectivity index (χ0) is 12.6. The van der Waals surface area contributed by atoms with E-state index in [1.54, 1.807) is 0 Å². The minimum atomic E-state index is -0.929. The first-order valence-corrected chi connectivity index (χ1v) is 7.61. The van der Waals surface area contributed by atoms with Crippen molar-refractivity contribution in [3.8, 4) is 0 Å². The van der Waals surface area contributed by atoms with Gasteiger partial charge in [-0.25, -0.2) is 4.39 Å². The molecule has 2 N–H and O–H groups in total. The number of unbranched alkanes of at least 4 members (excludes halogenated alkanes) is 6. The Balaban J connectivity index is 2.01. The van der Waals surface area contributed by atoms with E-state index in [9.17, 15) is 4.39 Å². The fourth-order valence-corrected chi connectivity index (χ4v) is 2.98. The number of hydrogen-bond donors (Lipinski definition) is 1. The zero-order valence-corrected chi connectivity index (χ0v) is 11.5. The second-order valence-corrected chi connectivity index (χ2v) is 5.88. The summed E-state index contributed by atoms with van der Waals surface area (Å²) < 4.78 is 14.4. The molecular weight excluding hydrogens is 213 g/mol. The predicted molar refractivity (Wildman–Crippen MR) is 72.9 cm³/mol. The summed E-state index contributed by atoms with van der Waals surface area (Å²) in [7, 11) is 0. The quantitative estimate of drug-likeness (QED) is 0.612. The molecule has 102 valence electrons. The lowest BCUT2D eigenvalue weighted by Gasteiger charge is -2.33. The van der Waals surface area contributed by atoms with Crippen LogP contribution in [0.25, 0.3) is 0 Å². The molecule has 2 heteroatoms. The Morgan fingerprint density at radius 2 is 1.76 bits per heavy atom. The average Bonchev–Trinajstić information content (AvgIpc) is 2.27. The molecule has 1 rings (SSSR count). The van der Waals surface area contributed by atoms with Crippen LogP contribution in [0.2, 0.25) is 0 Å². The van der Waals surface area contributed by atoms with Gasteiger partial charge in [0.15, 0.2) is 0 Å². The monoisotopic (exact) mass is 243 g/mol. The second kappa shape index (κ2) is 8.07. The average molecular weight is 243 g/mol. The summed E-state index contributed by atoms with van der Waals surface area (Å²) in [5.74, 6) is 0. The van der Waals surface area contributed by atoms with Crippen molar-refractivity contribution in [2.24, 2.45) is 5.73 Å². The van der Waals surface area contributed by atoms with Gasteiger partial charge in [0.05, 0.1) is 0 Å². The molecule has 0 heterocycles. The van der Waals surface area contributed by atoms with E-state index in [2.05, 4.69) is 6.92 Å². The van der Waals surface area contributed by atoms with Crippen LogP contribution < -0.4 is 5.73 Å². The van der Waals surface area contributed by atoms with Gasteiger partial charge in [-0.15, -0.1) is 0 Å². The Hall–Kier alpha value is -0.110. The predicted octanol–water partition coefficient (Wildman–Crippen LogP) is 4.74. The Kier molecular flexibility index (Phi) is 7.10. The fourth-order valence-electron chi connectivity index (χ4n) is 2.98. The summed E-state index contributed by atoms with van der Waals surface area (Å²) in [5, 5.41) is 0. The topological polar surface area (TPSA) is 26.0 Å². The van der Waals surface area contributed by atoms with Crippen molar-refractivity contribution in [3.05, 3.63) is 0 Å². The van der Waals surface area contributed by atoms with Crippen LogP contribution in [0.4, 0.5) is 4.39 Å². The van der Waals surface area contributed by atoms with Gasteiger partial charge in [-0.3, -0.25) is 0 Å². The summed E-state index contributed by atoms with van der Waals surface area (Å²) in [6.45, 7) is 2.24. The highest BCUT2D eigenvalue weighted by molar-refractivity contribution is 4.88. The Bertz CT molecular complexity index is 195. The number of nitrogens with two attached hydrogens (primary N) is 1. The zero-order valence-electron chi connectivity index (χ0n) is 11.5. The van der Waals surface area contributed by atoms with Crippen LogP contribution in [0.5, 0.6) is 0 Å². The summed E-state index contributed by atoms with van der Waals surface area (Å²) in [4.78, 5) is 0. The molecule has 0 aromatic heterocycles. The first kappa shape index (κ1) is 14.9. The van der Waals surface area contributed by atoms with Crippen LogP contribution >= 0.6 is 0 Å². The third-order valence-corrected chi connectivity index (χ3v) is 4.06. The highest BCUT2D eigenvalue weighted by atomic mass is 19.1. The molecule has 17 heavy (non-hydrogen) atoms. The van der Waals surface area contributed by atoms with E-state index >= 15 is 0 Å². The molecule has 0 amide bonds. The van der Waals surface area contributed by atoms with Gasteiger partial charge in [0, 0.05) is 6.04 Å². The largest absolute Gasteiger partial charge is 0.328 e. The van der Waals surface area contributed by atoms with Crippen LogP contribution in [-0.4, -0.2) is 11.7 Å². The van der Waals surface area contributed by atoms with E-state index in [4.69, 9.17) is 5.73 Å². The molecule has 0 bridgehead atoms. The molecule has 2 unspecified atom stereocenters. The van der Waals surface area contributed by atoms with E-state index in [1.165, 1.54) is 38.5 Å². The van der Waals surface area contributed by atoms with Crippen LogP contribution in [-0.2, 0) is 0 Å². The number of hydrogen-bond acceptors (Lipinski definition) is 1. The van der Waals surface area contributed by atoms with Crippen molar-refractivity contribution in [1.82, 2.24) is 0 Å². The minimum Gasteiger partial charge on any atom is -0.328 e. The summed E-state index contributed by atoms with van der Waals surface area (Å²) in [6.07, 6.45) is 12.9. The molecule has 0 spiro atoms. The molecule has 1 aliphatic rings. The van der Waals surface area contributed by atoms with Gasteiger partial charge < -0.3 is 5.73 Å². The molecule has 1 nitrogen and oxygen atoms in total. The standard InChI is InChI=1S/C15H30FN/c1-2-3-4-5-6-7-8-11-15(16)12-9-10-14(17)13-15/h14H,2-13,17H2,1H3. The molecule has 0 saturated heterocycles. The third-order valence-electron chi connectivity index (χ3n) is 4.06. The van der Waals surface area contributed by atoms with Crippen molar-refractivity contribution in [3.63, 3.8) is 0 Å². The molecule has 0 aromatic rings. The van der Waals surface area contributed by atoms with Gasteiger partial charge in [0.1, 0.15) is 5.67 Å². The molecule has 2 atom stereocenters. The van der Waals surface area contributed by atoms with Gasteiger partial charge in [-0.2, -0.15) is 0 Å². The maximum Gasteiger partial charge on any atom is 0.112 e. The lowest BCUT2D eigenvalue weighted by atomic mass is 9.80. The van der Waals surface area contributed by atoms with Crippen LogP contribution in [0, 0.1) is 0 Å². The lowest BCUT2D eigenvalue weighted by Crippen LogP contribution is -2.37. The molecule has 1 saturated carbocycles. The Morgan fingerprint density at radius 1 is 1.12 bits per heavy atom. The summed E-state index contributed by atoms with van der Waals surface area (Å²) in [5.41, 5.74) is 4.93. The van der Waals surface area contributed by atoms with Crippen LogP contribution in [0.3, 0.4) is 0 Å². The SMILES string of the molecule is CCCCCCCCCC1(F)CCCC(N)C1. The van der Waals surface area contributed by atoms with Crippen molar-refractivity contribution in [2.45, 2.75) is 95.7 Å². The molecule has 0 aliphatic heterocycles. The van der Waals surface area contributed by atoms with Crippen molar-refractivity contribution >= 4 is 0 Å². The lowest BCUT2D eigenvalue weighted by molar-refractivity contribution is 0.0829. The summed E-state index contributed by atoms with van der Waals surface area (Å²) >= 11 is 0. The first-order valence-electron chi connectivity index (χ1n) is 7.61. The van der Waals surface area contributed by atoms with Gasteiger partial charge in [-0.05, 0) is 32.1 Å². The Labute approximate surface area is 106 Å². The highest BCUT2D eigenvalue weighted by Crippen LogP contribution is 2.35. The van der Waals surface area contributed by atoms with Gasteiger partial charge in [0.2, 0.25) is 0 Å². The van der Waals surface area contributed by atoms with E-state index in [-0.39, 0.29) is 6.04 Å². The number of alkyl halides is 1. The molecular formula is C15H30FN. The van der Waals surface area contributed by atoms with Gasteiger partial charge in [-0.1, -0.05) is 51.9 Å². The number of rotatable bonds is 8. The van der Waals surface area contributed by atoms with Crippen molar-refractivity contribution < 1.29 is 4.39 Å². The molecule has 1 fully saturated rings. The van der Waals surface area contributed by atoms with Gasteiger partial charge >= 0.3 is 0 Å². The summed E-state index contributed by atoms with van der Waals surface area (Å²) in [6, 6.07) is 0.110. The molecule has 0 aromatic carbocycles. The molecule has 0 radical (unpaired) electrons. The normalized spacial score (nSPS) is 29.5. The Morgan fingerprint density at radius 3 is 2.41 bits per heavy atom. The van der Waals surface area contributed by atoms with Crippen LogP contribution in [0.1, 0.15) is 84.0 Å². The second-order valence-electron chi connectivity index (χ2n) is 5.88. The fraction of sp³-hybridized carbons (Fsp3) is 1.00. The maximum atomic E-state index is 14.4. The van der Waals surface area contributed by atoms with Crippen LogP contribution in [0.15, 0.2) is 0 Å². The minimum absolute atomic E-state index is 0.110. The van der Waals surface area contributed by atoms with Crippen molar-refractivity contribution in [1.29, 1.82) is 0 Å². The highest BCUT2D eigenvalue weighted by Gasteiger charge is 2.34. The van der Waals surface area contributed by atoms with E-state index in [1.807, 2.05) is 0 Å². The first-order chi connectivity index (χ1) is 8.16. The number of halogens is 1. The van der Waals surface area contributed by atoms with E-state index in [0.717, 1.165) is 32.1 Å². The third kappa shape index (κ3) is 6.40.